The highest BCUT2D eigenvalue weighted by atomic mass is 35.5. The van der Waals surface area contributed by atoms with Crippen LogP contribution in [-0.4, -0.2) is 16.8 Å². The SMILES string of the molecule is Cc1ccccc1NC(=O)NN=Cc1c(C)n(Cc2ccc(Cl)cc2Cl)c2ccccc12. The molecule has 0 saturated carbocycles. The fourth-order valence-electron chi connectivity index (χ4n) is 3.66. The van der Waals surface area contributed by atoms with Gasteiger partial charge in [-0.3, -0.25) is 0 Å². The molecule has 3 aromatic carbocycles. The first-order valence-electron chi connectivity index (χ1n) is 10.1. The van der Waals surface area contributed by atoms with Gasteiger partial charge in [-0.2, -0.15) is 5.10 Å². The largest absolute Gasteiger partial charge is 0.340 e. The zero-order valence-electron chi connectivity index (χ0n) is 17.7. The molecule has 162 valence electrons. The lowest BCUT2D eigenvalue weighted by Gasteiger charge is -2.10. The van der Waals surface area contributed by atoms with Crippen molar-refractivity contribution in [3.05, 3.63) is 99.2 Å². The van der Waals surface area contributed by atoms with E-state index in [-0.39, 0.29) is 0 Å². The highest BCUT2D eigenvalue weighted by Gasteiger charge is 2.14. The van der Waals surface area contributed by atoms with E-state index in [4.69, 9.17) is 23.2 Å². The van der Waals surface area contributed by atoms with Crippen molar-refractivity contribution in [2.45, 2.75) is 20.4 Å². The summed E-state index contributed by atoms with van der Waals surface area (Å²) in [5.74, 6) is 0. The summed E-state index contributed by atoms with van der Waals surface area (Å²) in [4.78, 5) is 12.2. The van der Waals surface area contributed by atoms with Crippen LogP contribution in [0.4, 0.5) is 10.5 Å². The molecular formula is C25H22Cl2N4O. The van der Waals surface area contributed by atoms with Crippen LogP contribution in [0.15, 0.2) is 71.8 Å². The van der Waals surface area contributed by atoms with Crippen LogP contribution < -0.4 is 10.7 Å². The smallest absolute Gasteiger partial charge is 0.339 e. The number of halogens is 2. The van der Waals surface area contributed by atoms with Gasteiger partial charge in [0.2, 0.25) is 0 Å². The highest BCUT2D eigenvalue weighted by molar-refractivity contribution is 6.35. The van der Waals surface area contributed by atoms with Gasteiger partial charge in [-0.15, -0.1) is 0 Å². The molecule has 0 atom stereocenters. The Morgan fingerprint density at radius 1 is 1.03 bits per heavy atom. The van der Waals surface area contributed by atoms with E-state index in [9.17, 15) is 4.79 Å². The molecule has 4 rings (SSSR count). The maximum Gasteiger partial charge on any atom is 0.339 e. The van der Waals surface area contributed by atoms with Gasteiger partial charge >= 0.3 is 6.03 Å². The van der Waals surface area contributed by atoms with Crippen LogP contribution in [0.5, 0.6) is 0 Å². The van der Waals surface area contributed by atoms with Gasteiger partial charge in [0.25, 0.3) is 0 Å². The van der Waals surface area contributed by atoms with Crippen LogP contribution in [0, 0.1) is 13.8 Å². The van der Waals surface area contributed by atoms with Crippen LogP contribution >= 0.6 is 23.2 Å². The Morgan fingerprint density at radius 2 is 1.78 bits per heavy atom. The van der Waals surface area contributed by atoms with Crippen molar-refractivity contribution in [3.8, 4) is 0 Å². The number of anilines is 1. The molecule has 1 heterocycles. The van der Waals surface area contributed by atoms with Gasteiger partial charge in [0, 0.05) is 44.4 Å². The van der Waals surface area contributed by atoms with Crippen molar-refractivity contribution in [3.63, 3.8) is 0 Å². The van der Waals surface area contributed by atoms with Gasteiger partial charge in [-0.05, 0) is 49.2 Å². The number of nitrogens with one attached hydrogen (secondary N) is 2. The van der Waals surface area contributed by atoms with E-state index in [1.54, 1.807) is 12.3 Å². The Bertz CT molecular complexity index is 1330. The maximum absolute atomic E-state index is 12.2. The molecular weight excluding hydrogens is 443 g/mol. The number of para-hydroxylation sites is 2. The predicted octanol–water partition coefficient (Wildman–Crippen LogP) is 6.77. The normalized spacial score (nSPS) is 11.2. The highest BCUT2D eigenvalue weighted by Crippen LogP contribution is 2.28. The van der Waals surface area contributed by atoms with Crippen LogP contribution in [0.3, 0.4) is 0 Å². The number of hydrogen-bond donors (Lipinski definition) is 2. The molecule has 0 aliphatic heterocycles. The number of nitrogens with zero attached hydrogens (tertiary/aromatic N) is 2. The number of hydrogen-bond acceptors (Lipinski definition) is 2. The molecule has 0 aliphatic rings. The predicted molar refractivity (Wildman–Crippen MR) is 133 cm³/mol. The molecule has 2 N–H and O–H groups in total. The Hall–Kier alpha value is -3.28. The van der Waals surface area contributed by atoms with Gasteiger partial charge in [0.1, 0.15) is 0 Å². The van der Waals surface area contributed by atoms with E-state index in [0.717, 1.165) is 39.0 Å². The molecule has 1 aromatic heterocycles. The second-order valence-corrected chi connectivity index (χ2v) is 8.32. The van der Waals surface area contributed by atoms with Crippen molar-refractivity contribution in [2.24, 2.45) is 5.10 Å². The molecule has 32 heavy (non-hydrogen) atoms. The number of amides is 2. The summed E-state index contributed by atoms with van der Waals surface area (Å²) in [7, 11) is 0. The molecule has 0 aliphatic carbocycles. The standard InChI is InChI=1S/C25H22Cl2N4O/c1-16-7-3-5-9-23(16)29-25(32)30-28-14-21-17(2)31(24-10-6-4-8-20(21)24)15-18-11-12-19(26)13-22(18)27/h3-14H,15H2,1-2H3,(H2,29,30,32). The summed E-state index contributed by atoms with van der Waals surface area (Å²) in [5, 5.41) is 9.26. The fraction of sp³-hybridized carbons (Fsp3) is 0.120. The number of hydrazone groups is 1. The summed E-state index contributed by atoms with van der Waals surface area (Å²) in [6.07, 6.45) is 1.68. The van der Waals surface area contributed by atoms with E-state index >= 15 is 0 Å². The Labute approximate surface area is 196 Å². The Morgan fingerprint density at radius 3 is 2.56 bits per heavy atom. The van der Waals surface area contributed by atoms with Gasteiger partial charge < -0.3 is 9.88 Å². The average molecular weight is 465 g/mol. The third kappa shape index (κ3) is 4.64. The van der Waals surface area contributed by atoms with Crippen molar-refractivity contribution in [1.82, 2.24) is 9.99 Å². The van der Waals surface area contributed by atoms with Crippen LogP contribution in [-0.2, 0) is 6.54 Å². The number of carbonyl (C=O) groups is 1. The number of carbonyl (C=O) groups excluding carboxylic acids is 1. The first kappa shape index (κ1) is 21.9. The molecule has 2 amide bonds. The lowest BCUT2D eigenvalue weighted by atomic mass is 10.1. The second-order valence-electron chi connectivity index (χ2n) is 7.48. The number of aryl methyl sites for hydroxylation is 1. The van der Waals surface area contributed by atoms with Crippen molar-refractivity contribution in [1.29, 1.82) is 0 Å². The minimum Gasteiger partial charge on any atom is -0.340 e. The maximum atomic E-state index is 12.2. The lowest BCUT2D eigenvalue weighted by molar-refractivity contribution is 0.252. The quantitative estimate of drug-likeness (QED) is 0.248. The van der Waals surface area contributed by atoms with E-state index in [0.29, 0.717) is 16.6 Å². The van der Waals surface area contributed by atoms with Crippen molar-refractivity contribution < 1.29 is 4.79 Å². The molecule has 0 spiro atoms. The fourth-order valence-corrected chi connectivity index (χ4v) is 4.13. The molecule has 0 bridgehead atoms. The Balaban J connectivity index is 1.58. The van der Waals surface area contributed by atoms with Crippen molar-refractivity contribution in [2.75, 3.05) is 5.32 Å². The van der Waals surface area contributed by atoms with Gasteiger partial charge in [0.05, 0.1) is 6.21 Å². The zero-order chi connectivity index (χ0) is 22.7. The van der Waals surface area contributed by atoms with Gasteiger partial charge in [0.15, 0.2) is 0 Å². The molecule has 4 aromatic rings. The van der Waals surface area contributed by atoms with Crippen LogP contribution in [0.2, 0.25) is 10.0 Å². The third-order valence-electron chi connectivity index (χ3n) is 5.38. The van der Waals surface area contributed by atoms with E-state index < -0.39 is 6.03 Å². The topological polar surface area (TPSA) is 58.4 Å². The van der Waals surface area contributed by atoms with Gasteiger partial charge in [-0.25, -0.2) is 10.2 Å². The minimum absolute atomic E-state index is 0.398. The van der Waals surface area contributed by atoms with E-state index in [1.165, 1.54) is 0 Å². The number of benzene rings is 3. The summed E-state index contributed by atoms with van der Waals surface area (Å²) in [6, 6.07) is 20.8. The number of rotatable bonds is 5. The summed E-state index contributed by atoms with van der Waals surface area (Å²) >= 11 is 12.5. The monoisotopic (exact) mass is 464 g/mol. The first-order chi connectivity index (χ1) is 15.4. The van der Waals surface area contributed by atoms with Crippen LogP contribution in [0.1, 0.15) is 22.4 Å². The molecule has 7 heteroatoms. The Kier molecular flexibility index (Phi) is 6.49. The van der Waals surface area contributed by atoms with Gasteiger partial charge in [-0.1, -0.05) is 65.7 Å². The van der Waals surface area contributed by atoms with Crippen LogP contribution in [0.25, 0.3) is 10.9 Å². The summed E-state index contributed by atoms with van der Waals surface area (Å²) in [6.45, 7) is 4.56. The molecule has 0 saturated heterocycles. The molecule has 0 radical (unpaired) electrons. The molecule has 0 fully saturated rings. The second kappa shape index (κ2) is 9.47. The number of urea groups is 1. The number of aromatic nitrogens is 1. The zero-order valence-corrected chi connectivity index (χ0v) is 19.2. The van der Waals surface area contributed by atoms with E-state index in [2.05, 4.69) is 26.5 Å². The summed E-state index contributed by atoms with van der Waals surface area (Å²) < 4.78 is 2.18. The average Bonchev–Trinajstić information content (AvgIpc) is 3.03. The lowest BCUT2D eigenvalue weighted by Crippen LogP contribution is -2.24. The minimum atomic E-state index is -0.398. The van der Waals surface area contributed by atoms with E-state index in [1.807, 2.05) is 68.4 Å². The molecule has 5 nitrogen and oxygen atoms in total. The third-order valence-corrected chi connectivity index (χ3v) is 5.96. The summed E-state index contributed by atoms with van der Waals surface area (Å²) in [5.41, 5.74) is 8.25. The molecule has 0 unspecified atom stereocenters. The van der Waals surface area contributed by atoms with Crippen molar-refractivity contribution >= 4 is 52.0 Å². The first-order valence-corrected chi connectivity index (χ1v) is 10.9. The number of fused-ring (bicyclic) bond motifs is 1.